The van der Waals surface area contributed by atoms with Crippen LogP contribution in [0.4, 0.5) is 10.5 Å². The standard InChI is InChI=1S/C11H13NOS/c1-8-9(2)14-11(13)12(8)10-6-4-3-5-7-10/h3-9H,1-2H3. The summed E-state index contributed by atoms with van der Waals surface area (Å²) in [5.41, 5.74) is 1.00. The van der Waals surface area contributed by atoms with E-state index in [4.69, 9.17) is 0 Å². The maximum absolute atomic E-state index is 11.7. The molecule has 2 unspecified atom stereocenters. The third-order valence-electron chi connectivity index (χ3n) is 2.60. The van der Waals surface area contributed by atoms with Crippen molar-refractivity contribution >= 4 is 22.7 Å². The van der Waals surface area contributed by atoms with E-state index in [1.54, 1.807) is 0 Å². The highest BCUT2D eigenvalue weighted by molar-refractivity contribution is 8.14. The van der Waals surface area contributed by atoms with Gasteiger partial charge in [0.15, 0.2) is 0 Å². The van der Waals surface area contributed by atoms with Crippen LogP contribution in [0.5, 0.6) is 0 Å². The zero-order valence-electron chi connectivity index (χ0n) is 8.31. The van der Waals surface area contributed by atoms with Gasteiger partial charge in [-0.25, -0.2) is 0 Å². The molecular weight excluding hydrogens is 194 g/mol. The predicted molar refractivity (Wildman–Crippen MR) is 60.8 cm³/mol. The third-order valence-corrected chi connectivity index (χ3v) is 3.77. The summed E-state index contributed by atoms with van der Waals surface area (Å²) in [6, 6.07) is 10.1. The molecule has 1 aromatic rings. The Bertz CT molecular complexity index is 338. The minimum absolute atomic E-state index is 0.163. The Kier molecular flexibility index (Phi) is 2.50. The maximum atomic E-state index is 11.7. The molecule has 3 heteroatoms. The highest BCUT2D eigenvalue weighted by Gasteiger charge is 2.35. The fourth-order valence-corrected chi connectivity index (χ4v) is 2.64. The molecule has 14 heavy (non-hydrogen) atoms. The first-order valence-corrected chi connectivity index (χ1v) is 5.63. The van der Waals surface area contributed by atoms with Gasteiger partial charge in [0.25, 0.3) is 5.24 Å². The number of nitrogens with zero attached hydrogens (tertiary/aromatic N) is 1. The van der Waals surface area contributed by atoms with Crippen LogP contribution < -0.4 is 4.90 Å². The maximum Gasteiger partial charge on any atom is 0.286 e. The van der Waals surface area contributed by atoms with Crippen molar-refractivity contribution in [1.29, 1.82) is 0 Å². The van der Waals surface area contributed by atoms with Gasteiger partial charge in [0, 0.05) is 17.0 Å². The molecule has 2 rings (SSSR count). The number of carbonyl (C=O) groups excluding carboxylic acids is 1. The average molecular weight is 207 g/mol. The molecule has 2 nitrogen and oxygen atoms in total. The Morgan fingerprint density at radius 3 is 2.36 bits per heavy atom. The fraction of sp³-hybridized carbons (Fsp3) is 0.364. The van der Waals surface area contributed by atoms with Gasteiger partial charge in [-0.05, 0) is 19.1 Å². The first-order chi connectivity index (χ1) is 6.70. The summed E-state index contributed by atoms with van der Waals surface area (Å²) < 4.78 is 0. The van der Waals surface area contributed by atoms with Crippen molar-refractivity contribution in [3.05, 3.63) is 30.3 Å². The molecule has 1 heterocycles. The minimum atomic E-state index is 0.163. The second-order valence-corrected chi connectivity index (χ2v) is 4.86. The SMILES string of the molecule is CC1SC(=O)N(c2ccccc2)C1C. The third kappa shape index (κ3) is 1.52. The van der Waals surface area contributed by atoms with Crippen molar-refractivity contribution in [1.82, 2.24) is 0 Å². The number of thioether (sulfide) groups is 1. The molecule has 1 saturated heterocycles. The van der Waals surface area contributed by atoms with Crippen LogP contribution in [0.2, 0.25) is 0 Å². The van der Waals surface area contributed by atoms with Crippen molar-refractivity contribution in [2.75, 3.05) is 4.90 Å². The van der Waals surface area contributed by atoms with Gasteiger partial charge in [0.05, 0.1) is 0 Å². The van der Waals surface area contributed by atoms with Gasteiger partial charge < -0.3 is 0 Å². The van der Waals surface area contributed by atoms with Crippen LogP contribution in [-0.4, -0.2) is 16.5 Å². The molecule has 0 saturated carbocycles. The monoisotopic (exact) mass is 207 g/mol. The van der Waals surface area contributed by atoms with E-state index in [2.05, 4.69) is 13.8 Å². The summed E-state index contributed by atoms with van der Waals surface area (Å²) in [5, 5.41) is 0.541. The number of rotatable bonds is 1. The van der Waals surface area contributed by atoms with Crippen molar-refractivity contribution in [3.63, 3.8) is 0 Å². The number of hydrogen-bond acceptors (Lipinski definition) is 2. The highest BCUT2D eigenvalue weighted by atomic mass is 32.2. The summed E-state index contributed by atoms with van der Waals surface area (Å²) in [6.07, 6.45) is 0. The van der Waals surface area contributed by atoms with Crippen LogP contribution in [-0.2, 0) is 0 Å². The van der Waals surface area contributed by atoms with E-state index in [0.717, 1.165) is 5.69 Å². The van der Waals surface area contributed by atoms with Crippen LogP contribution in [0.25, 0.3) is 0 Å². The van der Waals surface area contributed by atoms with Crippen molar-refractivity contribution < 1.29 is 4.79 Å². The van der Waals surface area contributed by atoms with Crippen LogP contribution in [0, 0.1) is 0 Å². The number of benzene rings is 1. The Morgan fingerprint density at radius 1 is 1.21 bits per heavy atom. The molecule has 1 amide bonds. The van der Waals surface area contributed by atoms with Crippen LogP contribution in [0.15, 0.2) is 30.3 Å². The van der Waals surface area contributed by atoms with E-state index in [-0.39, 0.29) is 11.3 Å². The van der Waals surface area contributed by atoms with E-state index in [9.17, 15) is 4.79 Å². The Labute approximate surface area is 88.3 Å². The predicted octanol–water partition coefficient (Wildman–Crippen LogP) is 3.14. The molecule has 2 atom stereocenters. The van der Waals surface area contributed by atoms with E-state index in [1.165, 1.54) is 11.8 Å². The molecule has 0 bridgehead atoms. The zero-order chi connectivity index (χ0) is 10.1. The van der Waals surface area contributed by atoms with Gasteiger partial charge in [-0.2, -0.15) is 0 Å². The fourth-order valence-electron chi connectivity index (χ4n) is 1.62. The van der Waals surface area contributed by atoms with Gasteiger partial charge in [-0.1, -0.05) is 36.9 Å². The van der Waals surface area contributed by atoms with E-state index in [0.29, 0.717) is 5.25 Å². The summed E-state index contributed by atoms with van der Waals surface area (Å²) >= 11 is 1.42. The Balaban J connectivity index is 2.31. The van der Waals surface area contributed by atoms with Gasteiger partial charge in [0.1, 0.15) is 0 Å². The lowest BCUT2D eigenvalue weighted by molar-refractivity contribution is 0.265. The van der Waals surface area contributed by atoms with E-state index >= 15 is 0 Å². The first kappa shape index (κ1) is 9.59. The molecule has 0 aliphatic carbocycles. The van der Waals surface area contributed by atoms with Crippen molar-refractivity contribution in [2.45, 2.75) is 25.1 Å². The summed E-state index contributed by atoms with van der Waals surface area (Å²) in [6.45, 7) is 4.19. The second kappa shape index (κ2) is 3.65. The first-order valence-electron chi connectivity index (χ1n) is 4.75. The van der Waals surface area contributed by atoms with Gasteiger partial charge in [-0.15, -0.1) is 0 Å². The van der Waals surface area contributed by atoms with Crippen molar-refractivity contribution in [2.24, 2.45) is 0 Å². The number of anilines is 1. The largest absolute Gasteiger partial charge is 0.299 e. The molecular formula is C11H13NOS. The van der Waals surface area contributed by atoms with Crippen LogP contribution >= 0.6 is 11.8 Å². The number of carbonyl (C=O) groups is 1. The smallest absolute Gasteiger partial charge is 0.286 e. The minimum Gasteiger partial charge on any atom is -0.299 e. The Morgan fingerprint density at radius 2 is 1.86 bits per heavy atom. The second-order valence-electron chi connectivity index (χ2n) is 3.54. The number of amides is 1. The molecule has 1 aromatic carbocycles. The zero-order valence-corrected chi connectivity index (χ0v) is 9.12. The quantitative estimate of drug-likeness (QED) is 0.705. The molecule has 1 aliphatic heterocycles. The molecule has 74 valence electrons. The average Bonchev–Trinajstić information content (AvgIpc) is 2.43. The van der Waals surface area contributed by atoms with Crippen LogP contribution in [0.1, 0.15) is 13.8 Å². The summed E-state index contributed by atoms with van der Waals surface area (Å²) in [4.78, 5) is 13.6. The molecule has 0 aromatic heterocycles. The van der Waals surface area contributed by atoms with Gasteiger partial charge in [-0.3, -0.25) is 9.69 Å². The molecule has 0 radical (unpaired) electrons. The topological polar surface area (TPSA) is 20.3 Å². The summed E-state index contributed by atoms with van der Waals surface area (Å²) in [5.74, 6) is 0. The van der Waals surface area contributed by atoms with E-state index in [1.807, 2.05) is 35.2 Å². The Hall–Kier alpha value is -0.960. The van der Waals surface area contributed by atoms with E-state index < -0.39 is 0 Å². The number of para-hydroxylation sites is 1. The van der Waals surface area contributed by atoms with Crippen molar-refractivity contribution in [3.8, 4) is 0 Å². The van der Waals surface area contributed by atoms with Gasteiger partial charge in [0.2, 0.25) is 0 Å². The lowest BCUT2D eigenvalue weighted by Crippen LogP contribution is -2.32. The number of hydrogen-bond donors (Lipinski definition) is 0. The molecule has 0 spiro atoms. The molecule has 1 aliphatic rings. The van der Waals surface area contributed by atoms with Crippen LogP contribution in [0.3, 0.4) is 0 Å². The van der Waals surface area contributed by atoms with Gasteiger partial charge >= 0.3 is 0 Å². The highest BCUT2D eigenvalue weighted by Crippen LogP contribution is 2.34. The molecule has 0 N–H and O–H groups in total. The normalized spacial score (nSPS) is 27.0. The molecule has 1 fully saturated rings. The lowest BCUT2D eigenvalue weighted by atomic mass is 10.2. The summed E-state index contributed by atoms with van der Waals surface area (Å²) in [7, 11) is 0. The lowest BCUT2D eigenvalue weighted by Gasteiger charge is -2.22.